The van der Waals surface area contributed by atoms with Gasteiger partial charge < -0.3 is 10.8 Å². The summed E-state index contributed by atoms with van der Waals surface area (Å²) in [5.41, 5.74) is 6.19. The topological polar surface area (TPSA) is 83.6 Å². The number of aliphatic hydroxyl groups is 1. The molecule has 0 heterocycles. The summed E-state index contributed by atoms with van der Waals surface area (Å²) in [6, 6.07) is 4.59. The van der Waals surface area contributed by atoms with Crippen molar-refractivity contribution >= 4 is 31.6 Å². The van der Waals surface area contributed by atoms with Gasteiger partial charge in [0.2, 0.25) is 10.0 Å². The number of rotatable bonds is 5. The molecule has 112 valence electrons. The van der Waals surface area contributed by atoms with Crippen LogP contribution in [0.3, 0.4) is 0 Å². The zero-order valence-corrected chi connectivity index (χ0v) is 13.5. The molecule has 2 rings (SSSR count). The van der Waals surface area contributed by atoms with Crippen LogP contribution in [0.5, 0.6) is 0 Å². The predicted octanol–water partition coefficient (Wildman–Crippen LogP) is 1.96. The zero-order chi connectivity index (χ0) is 14.8. The lowest BCUT2D eigenvalue weighted by molar-refractivity contribution is 0.226. The molecule has 7 heteroatoms. The van der Waals surface area contributed by atoms with Crippen molar-refractivity contribution < 1.29 is 13.5 Å². The number of nitrogens with two attached hydrogens (primary N) is 1. The second-order valence-corrected chi connectivity index (χ2v) is 7.71. The van der Waals surface area contributed by atoms with E-state index in [9.17, 15) is 13.5 Å². The van der Waals surface area contributed by atoms with Crippen LogP contribution in [0, 0.1) is 0 Å². The van der Waals surface area contributed by atoms with E-state index >= 15 is 0 Å². The Morgan fingerprint density at radius 3 is 2.55 bits per heavy atom. The SMILES string of the molecule is Nc1ccc(S(=O)(=O)N(CCO)C2CCCC2)cc1Br. The van der Waals surface area contributed by atoms with Crippen LogP contribution in [0.1, 0.15) is 25.7 Å². The van der Waals surface area contributed by atoms with E-state index in [1.807, 2.05) is 0 Å². The highest BCUT2D eigenvalue weighted by molar-refractivity contribution is 9.10. The highest BCUT2D eigenvalue weighted by Crippen LogP contribution is 2.30. The molecule has 0 atom stereocenters. The van der Waals surface area contributed by atoms with E-state index in [1.165, 1.54) is 16.4 Å². The van der Waals surface area contributed by atoms with Crippen LogP contribution in [0.4, 0.5) is 5.69 Å². The van der Waals surface area contributed by atoms with Crippen LogP contribution < -0.4 is 5.73 Å². The van der Waals surface area contributed by atoms with E-state index in [0.29, 0.717) is 10.2 Å². The molecule has 3 N–H and O–H groups in total. The van der Waals surface area contributed by atoms with Crippen molar-refractivity contribution in [2.24, 2.45) is 0 Å². The highest BCUT2D eigenvalue weighted by Gasteiger charge is 2.32. The van der Waals surface area contributed by atoms with Crippen LogP contribution in [-0.4, -0.2) is 37.0 Å². The van der Waals surface area contributed by atoms with Crippen molar-refractivity contribution in [3.8, 4) is 0 Å². The third-order valence-corrected chi connectivity index (χ3v) is 6.27. The van der Waals surface area contributed by atoms with Crippen LogP contribution >= 0.6 is 15.9 Å². The van der Waals surface area contributed by atoms with Gasteiger partial charge in [-0.25, -0.2) is 8.42 Å². The van der Waals surface area contributed by atoms with E-state index in [4.69, 9.17) is 5.73 Å². The summed E-state index contributed by atoms with van der Waals surface area (Å²) in [4.78, 5) is 0.207. The average molecular weight is 363 g/mol. The Hall–Kier alpha value is -0.630. The molecule has 0 radical (unpaired) electrons. The summed E-state index contributed by atoms with van der Waals surface area (Å²) in [6.07, 6.45) is 3.78. The maximum absolute atomic E-state index is 12.7. The average Bonchev–Trinajstić information content (AvgIpc) is 2.92. The van der Waals surface area contributed by atoms with E-state index in [2.05, 4.69) is 15.9 Å². The third kappa shape index (κ3) is 3.16. The molecule has 0 bridgehead atoms. The van der Waals surface area contributed by atoms with Crippen LogP contribution in [0.25, 0.3) is 0 Å². The first-order chi connectivity index (χ1) is 9.46. The van der Waals surface area contributed by atoms with Crippen LogP contribution in [0.2, 0.25) is 0 Å². The van der Waals surface area contributed by atoms with Gasteiger partial charge in [0.15, 0.2) is 0 Å². The molecule has 1 saturated carbocycles. The summed E-state index contributed by atoms with van der Waals surface area (Å²) in [5, 5.41) is 9.17. The van der Waals surface area contributed by atoms with E-state index in [0.717, 1.165) is 25.7 Å². The molecule has 0 unspecified atom stereocenters. The Morgan fingerprint density at radius 2 is 2.00 bits per heavy atom. The van der Waals surface area contributed by atoms with Gasteiger partial charge in [-0.05, 0) is 47.0 Å². The highest BCUT2D eigenvalue weighted by atomic mass is 79.9. The first-order valence-corrected chi connectivity index (χ1v) is 8.88. The molecule has 20 heavy (non-hydrogen) atoms. The van der Waals surface area contributed by atoms with Crippen LogP contribution in [0.15, 0.2) is 27.6 Å². The lowest BCUT2D eigenvalue weighted by Crippen LogP contribution is -2.40. The molecule has 1 aromatic rings. The number of hydrogen-bond donors (Lipinski definition) is 2. The molecule has 5 nitrogen and oxygen atoms in total. The summed E-state index contributed by atoms with van der Waals surface area (Å²) < 4.78 is 27.4. The number of hydrogen-bond acceptors (Lipinski definition) is 4. The standard InChI is InChI=1S/C13H19BrN2O3S/c14-12-9-11(5-6-13(12)15)20(18,19)16(7-8-17)10-3-1-2-4-10/h5-6,9-10,17H,1-4,7-8,15H2. The Kier molecular flexibility index (Phi) is 5.06. The maximum atomic E-state index is 12.7. The fourth-order valence-electron chi connectivity index (χ4n) is 2.59. The van der Waals surface area contributed by atoms with Crippen molar-refractivity contribution in [3.63, 3.8) is 0 Å². The minimum absolute atomic E-state index is 0.0107. The minimum atomic E-state index is -3.60. The van der Waals surface area contributed by atoms with Gasteiger partial charge in [-0.3, -0.25) is 0 Å². The second kappa shape index (κ2) is 6.43. The van der Waals surface area contributed by atoms with Gasteiger partial charge in [-0.2, -0.15) is 4.31 Å². The predicted molar refractivity (Wildman–Crippen MR) is 81.8 cm³/mol. The van der Waals surface area contributed by atoms with Crippen molar-refractivity contribution in [3.05, 3.63) is 22.7 Å². The molecule has 0 amide bonds. The summed E-state index contributed by atoms with van der Waals surface area (Å²) in [7, 11) is -3.60. The molecule has 1 aromatic carbocycles. The van der Waals surface area contributed by atoms with Gasteiger partial charge >= 0.3 is 0 Å². The Morgan fingerprint density at radius 1 is 1.35 bits per heavy atom. The number of benzene rings is 1. The fraction of sp³-hybridized carbons (Fsp3) is 0.538. The molecule has 0 aliphatic heterocycles. The van der Waals surface area contributed by atoms with E-state index < -0.39 is 10.0 Å². The van der Waals surface area contributed by atoms with Gasteiger partial charge in [0, 0.05) is 22.7 Å². The number of halogens is 1. The van der Waals surface area contributed by atoms with Gasteiger partial charge in [0.1, 0.15) is 0 Å². The van der Waals surface area contributed by atoms with Gasteiger partial charge in [0.05, 0.1) is 11.5 Å². The lowest BCUT2D eigenvalue weighted by Gasteiger charge is -2.27. The maximum Gasteiger partial charge on any atom is 0.243 e. The van der Waals surface area contributed by atoms with Crippen molar-refractivity contribution in [2.45, 2.75) is 36.6 Å². The number of nitrogen functional groups attached to an aromatic ring is 1. The Balaban J connectivity index is 2.36. The van der Waals surface area contributed by atoms with Crippen LogP contribution in [-0.2, 0) is 10.0 Å². The second-order valence-electron chi connectivity index (χ2n) is 4.96. The summed E-state index contributed by atoms with van der Waals surface area (Å²) in [6.45, 7) is -0.0408. The first-order valence-electron chi connectivity index (χ1n) is 6.64. The molecule has 1 aliphatic rings. The first kappa shape index (κ1) is 15.8. The Labute approximate surface area is 128 Å². The quantitative estimate of drug-likeness (QED) is 0.784. The van der Waals surface area contributed by atoms with E-state index in [-0.39, 0.29) is 24.1 Å². The summed E-state index contributed by atoms with van der Waals surface area (Å²) >= 11 is 3.25. The van der Waals surface area contributed by atoms with E-state index in [1.54, 1.807) is 6.07 Å². The summed E-state index contributed by atoms with van der Waals surface area (Å²) in [5.74, 6) is 0. The lowest BCUT2D eigenvalue weighted by atomic mass is 10.2. The third-order valence-electron chi connectivity index (χ3n) is 3.63. The van der Waals surface area contributed by atoms with Gasteiger partial charge in [-0.1, -0.05) is 12.8 Å². The molecule has 0 spiro atoms. The van der Waals surface area contributed by atoms with Crippen molar-refractivity contribution in [2.75, 3.05) is 18.9 Å². The normalized spacial score (nSPS) is 16.9. The molecule has 1 fully saturated rings. The molecule has 0 aromatic heterocycles. The fourth-order valence-corrected chi connectivity index (χ4v) is 4.83. The molecular formula is C13H19BrN2O3S. The monoisotopic (exact) mass is 362 g/mol. The van der Waals surface area contributed by atoms with Gasteiger partial charge in [0.25, 0.3) is 0 Å². The number of nitrogens with zero attached hydrogens (tertiary/aromatic N) is 1. The van der Waals surface area contributed by atoms with Gasteiger partial charge in [-0.15, -0.1) is 0 Å². The largest absolute Gasteiger partial charge is 0.398 e. The number of sulfonamides is 1. The number of aliphatic hydroxyl groups excluding tert-OH is 1. The minimum Gasteiger partial charge on any atom is -0.398 e. The van der Waals surface area contributed by atoms with Crippen molar-refractivity contribution in [1.29, 1.82) is 0 Å². The molecule has 1 aliphatic carbocycles. The molecule has 0 saturated heterocycles. The smallest absolute Gasteiger partial charge is 0.243 e. The molecular weight excluding hydrogens is 344 g/mol. The van der Waals surface area contributed by atoms with Crippen molar-refractivity contribution in [1.82, 2.24) is 4.31 Å². The Bertz CT molecular complexity index is 571. The number of anilines is 1. The zero-order valence-electron chi connectivity index (χ0n) is 11.1.